The SMILES string of the molecule is COCC(=O)CNC(=O)Cc1nc2cc(OC)c(-c3ccccc3)cc2s1. The van der Waals surface area contributed by atoms with E-state index in [1.54, 1.807) is 7.11 Å². The van der Waals surface area contributed by atoms with Crippen LogP contribution in [0.2, 0.25) is 0 Å². The number of thiazole rings is 1. The van der Waals surface area contributed by atoms with E-state index in [1.807, 2.05) is 42.5 Å². The van der Waals surface area contributed by atoms with E-state index in [1.165, 1.54) is 18.4 Å². The summed E-state index contributed by atoms with van der Waals surface area (Å²) >= 11 is 1.46. The molecule has 0 aliphatic carbocycles. The number of Topliss-reactive ketones (excluding diaryl/α,β-unsaturated/α-hetero) is 1. The Balaban J connectivity index is 1.79. The molecule has 6 nitrogen and oxygen atoms in total. The topological polar surface area (TPSA) is 77.5 Å². The summed E-state index contributed by atoms with van der Waals surface area (Å²) in [5.74, 6) is 0.321. The van der Waals surface area contributed by atoms with Crippen LogP contribution in [0.3, 0.4) is 0 Å². The van der Waals surface area contributed by atoms with E-state index < -0.39 is 0 Å². The molecule has 0 fully saturated rings. The van der Waals surface area contributed by atoms with Crippen molar-refractivity contribution in [2.45, 2.75) is 6.42 Å². The minimum absolute atomic E-state index is 0.0104. The van der Waals surface area contributed by atoms with Crippen LogP contribution >= 0.6 is 11.3 Å². The van der Waals surface area contributed by atoms with Gasteiger partial charge in [0.05, 0.1) is 30.3 Å². The number of ketones is 1. The molecule has 1 aromatic heterocycles. The van der Waals surface area contributed by atoms with E-state index in [0.29, 0.717) is 5.01 Å². The highest BCUT2D eigenvalue weighted by Crippen LogP contribution is 2.36. The highest BCUT2D eigenvalue weighted by molar-refractivity contribution is 7.18. The number of carbonyl (C=O) groups excluding carboxylic acids is 2. The molecule has 0 bridgehead atoms. The van der Waals surface area contributed by atoms with Crippen LogP contribution in [-0.2, 0) is 20.7 Å². The summed E-state index contributed by atoms with van der Waals surface area (Å²) in [6.45, 7) is -0.0486. The fourth-order valence-electron chi connectivity index (χ4n) is 2.70. The summed E-state index contributed by atoms with van der Waals surface area (Å²) in [6.07, 6.45) is 0.128. The molecular weight excluding hydrogens is 364 g/mol. The molecule has 0 saturated carbocycles. The van der Waals surface area contributed by atoms with E-state index in [9.17, 15) is 9.59 Å². The monoisotopic (exact) mass is 384 g/mol. The van der Waals surface area contributed by atoms with Crippen LogP contribution in [0.4, 0.5) is 0 Å². The number of nitrogens with one attached hydrogen (secondary N) is 1. The molecule has 0 aliphatic heterocycles. The quantitative estimate of drug-likeness (QED) is 0.646. The van der Waals surface area contributed by atoms with Crippen LogP contribution in [-0.4, -0.2) is 44.0 Å². The van der Waals surface area contributed by atoms with Gasteiger partial charge < -0.3 is 14.8 Å². The number of amides is 1. The Hall–Kier alpha value is -2.77. The Morgan fingerprint density at radius 2 is 1.93 bits per heavy atom. The zero-order valence-corrected chi connectivity index (χ0v) is 16.0. The maximum atomic E-state index is 12.0. The minimum Gasteiger partial charge on any atom is -0.496 e. The van der Waals surface area contributed by atoms with Crippen molar-refractivity contribution in [3.8, 4) is 16.9 Å². The first-order chi connectivity index (χ1) is 13.1. The smallest absolute Gasteiger partial charge is 0.227 e. The molecule has 0 saturated heterocycles. The number of hydrogen-bond donors (Lipinski definition) is 1. The standard InChI is InChI=1S/C20H20N2O4S/c1-25-12-14(23)11-21-19(24)10-20-22-16-9-17(26-2)15(8-18(16)27-20)13-6-4-3-5-7-13/h3-9H,10-12H2,1-2H3,(H,21,24). The molecule has 0 radical (unpaired) electrons. The lowest BCUT2D eigenvalue weighted by Crippen LogP contribution is -2.32. The first-order valence-corrected chi connectivity index (χ1v) is 9.22. The molecule has 0 aliphatic rings. The second-order valence-corrected chi connectivity index (χ2v) is 7.03. The Bertz CT molecular complexity index is 953. The van der Waals surface area contributed by atoms with Gasteiger partial charge in [-0.2, -0.15) is 0 Å². The van der Waals surface area contributed by atoms with E-state index in [2.05, 4.69) is 10.3 Å². The van der Waals surface area contributed by atoms with Crippen molar-refractivity contribution in [2.24, 2.45) is 0 Å². The summed E-state index contributed by atoms with van der Waals surface area (Å²) < 4.78 is 11.2. The Morgan fingerprint density at radius 1 is 1.15 bits per heavy atom. The zero-order chi connectivity index (χ0) is 19.2. The van der Waals surface area contributed by atoms with Crippen LogP contribution in [0.1, 0.15) is 5.01 Å². The van der Waals surface area contributed by atoms with Crippen LogP contribution in [0.15, 0.2) is 42.5 Å². The number of benzene rings is 2. The number of hydrogen-bond acceptors (Lipinski definition) is 6. The molecule has 3 rings (SSSR count). The summed E-state index contributed by atoms with van der Waals surface area (Å²) in [4.78, 5) is 28.0. The van der Waals surface area contributed by atoms with Gasteiger partial charge in [0.2, 0.25) is 5.91 Å². The van der Waals surface area contributed by atoms with E-state index in [4.69, 9.17) is 9.47 Å². The third-order valence-electron chi connectivity index (χ3n) is 3.94. The Kier molecular flexibility index (Phi) is 6.16. The highest BCUT2D eigenvalue weighted by Gasteiger charge is 2.14. The number of rotatable bonds is 8. The van der Waals surface area contributed by atoms with Crippen LogP contribution in [0, 0.1) is 0 Å². The molecule has 2 aromatic carbocycles. The Labute approximate surface area is 161 Å². The second-order valence-electron chi connectivity index (χ2n) is 5.92. The lowest BCUT2D eigenvalue weighted by Gasteiger charge is -2.08. The van der Waals surface area contributed by atoms with Gasteiger partial charge >= 0.3 is 0 Å². The summed E-state index contributed by atoms with van der Waals surface area (Å²) in [5.41, 5.74) is 2.82. The lowest BCUT2D eigenvalue weighted by atomic mass is 10.0. The predicted octanol–water partition coefficient (Wildman–Crippen LogP) is 2.85. The van der Waals surface area contributed by atoms with Crippen molar-refractivity contribution >= 4 is 33.2 Å². The van der Waals surface area contributed by atoms with Gasteiger partial charge in [-0.15, -0.1) is 11.3 Å². The first-order valence-electron chi connectivity index (χ1n) is 8.41. The molecule has 1 amide bonds. The molecule has 0 spiro atoms. The Morgan fingerprint density at radius 3 is 2.63 bits per heavy atom. The van der Waals surface area contributed by atoms with Crippen molar-refractivity contribution in [3.63, 3.8) is 0 Å². The summed E-state index contributed by atoms with van der Waals surface area (Å²) in [6, 6.07) is 13.9. The predicted molar refractivity (Wildman–Crippen MR) is 105 cm³/mol. The van der Waals surface area contributed by atoms with Crippen LogP contribution in [0.25, 0.3) is 21.3 Å². The largest absolute Gasteiger partial charge is 0.496 e. The fraction of sp³-hybridized carbons (Fsp3) is 0.250. The lowest BCUT2D eigenvalue weighted by molar-refractivity contribution is -0.126. The summed E-state index contributed by atoms with van der Waals surface area (Å²) in [5, 5.41) is 3.28. The van der Waals surface area contributed by atoms with Gasteiger partial charge in [0, 0.05) is 18.7 Å². The van der Waals surface area contributed by atoms with Gasteiger partial charge in [0.25, 0.3) is 0 Å². The number of methoxy groups -OCH3 is 2. The molecule has 7 heteroatoms. The summed E-state index contributed by atoms with van der Waals surface area (Å²) in [7, 11) is 3.07. The van der Waals surface area contributed by atoms with Crippen LogP contribution in [0.5, 0.6) is 5.75 Å². The van der Waals surface area contributed by atoms with Crippen LogP contribution < -0.4 is 10.1 Å². The molecule has 0 atom stereocenters. The van der Waals surface area contributed by atoms with Crippen molar-refractivity contribution in [3.05, 3.63) is 47.5 Å². The molecule has 1 heterocycles. The van der Waals surface area contributed by atoms with Gasteiger partial charge in [-0.1, -0.05) is 30.3 Å². The molecule has 1 N–H and O–H groups in total. The van der Waals surface area contributed by atoms with Gasteiger partial charge in [0.15, 0.2) is 5.78 Å². The number of fused-ring (bicyclic) bond motifs is 1. The van der Waals surface area contributed by atoms with Gasteiger partial charge in [0.1, 0.15) is 17.4 Å². The zero-order valence-electron chi connectivity index (χ0n) is 15.2. The highest BCUT2D eigenvalue weighted by atomic mass is 32.1. The number of nitrogens with zero attached hydrogens (tertiary/aromatic N) is 1. The average Bonchev–Trinajstić information content (AvgIpc) is 3.07. The number of aromatic nitrogens is 1. The maximum absolute atomic E-state index is 12.0. The number of ether oxygens (including phenoxy) is 2. The molecule has 0 unspecified atom stereocenters. The van der Waals surface area contributed by atoms with Gasteiger partial charge in [-0.05, 0) is 11.6 Å². The van der Waals surface area contributed by atoms with Gasteiger partial charge in [-0.3, -0.25) is 9.59 Å². The molecule has 27 heavy (non-hydrogen) atoms. The third kappa shape index (κ3) is 4.69. The van der Waals surface area contributed by atoms with Crippen molar-refractivity contribution in [1.29, 1.82) is 0 Å². The molecule has 140 valence electrons. The third-order valence-corrected chi connectivity index (χ3v) is 4.96. The van der Waals surface area contributed by atoms with Crippen molar-refractivity contribution < 1.29 is 19.1 Å². The first kappa shape index (κ1) is 19.0. The maximum Gasteiger partial charge on any atom is 0.227 e. The molecular formula is C20H20N2O4S. The average molecular weight is 384 g/mol. The second kappa shape index (κ2) is 8.75. The minimum atomic E-state index is -0.242. The normalized spacial score (nSPS) is 10.7. The van der Waals surface area contributed by atoms with E-state index in [-0.39, 0.29) is 31.3 Å². The van der Waals surface area contributed by atoms with E-state index in [0.717, 1.165) is 27.1 Å². The van der Waals surface area contributed by atoms with Crippen molar-refractivity contribution in [1.82, 2.24) is 10.3 Å². The fourth-order valence-corrected chi connectivity index (χ4v) is 3.69. The number of carbonyl (C=O) groups is 2. The van der Waals surface area contributed by atoms with E-state index >= 15 is 0 Å². The van der Waals surface area contributed by atoms with Crippen molar-refractivity contribution in [2.75, 3.05) is 27.4 Å². The molecule has 3 aromatic rings. The van der Waals surface area contributed by atoms with Gasteiger partial charge in [-0.25, -0.2) is 4.98 Å².